The summed E-state index contributed by atoms with van der Waals surface area (Å²) in [4.78, 5) is 25.4. The van der Waals surface area contributed by atoms with Crippen LogP contribution in [0.2, 0.25) is 10.0 Å². The zero-order chi connectivity index (χ0) is 18.6. The summed E-state index contributed by atoms with van der Waals surface area (Å²) in [6, 6.07) is 11.2. The van der Waals surface area contributed by atoms with E-state index in [0.717, 1.165) is 28.7 Å². The van der Waals surface area contributed by atoms with Crippen LogP contribution in [0, 0.1) is 13.8 Å². The Balaban J connectivity index is 2.21. The highest BCUT2D eigenvalue weighted by Gasteiger charge is 2.20. The first-order chi connectivity index (χ1) is 11.8. The Hall–Kier alpha value is -1.84. The van der Waals surface area contributed by atoms with Crippen LogP contribution < -0.4 is 4.90 Å². The van der Waals surface area contributed by atoms with Crippen molar-refractivity contribution in [3.63, 3.8) is 0 Å². The second-order valence-corrected chi connectivity index (χ2v) is 7.09. The smallest absolute Gasteiger partial charge is 0.227 e. The minimum atomic E-state index is -0.229. The van der Waals surface area contributed by atoms with Crippen LogP contribution in [0.25, 0.3) is 0 Å². The number of anilines is 1. The first-order valence-electron chi connectivity index (χ1n) is 8.05. The number of hydrogen-bond acceptors (Lipinski definition) is 2. The van der Waals surface area contributed by atoms with Crippen molar-refractivity contribution in [2.45, 2.75) is 32.6 Å². The first kappa shape index (κ1) is 19.5. The van der Waals surface area contributed by atoms with Crippen molar-refractivity contribution in [3.8, 4) is 0 Å². The molecule has 0 N–H and O–H groups in total. The van der Waals surface area contributed by atoms with E-state index in [4.69, 9.17) is 23.2 Å². The Morgan fingerprint density at radius 2 is 1.72 bits per heavy atom. The van der Waals surface area contributed by atoms with Crippen LogP contribution in [-0.4, -0.2) is 19.2 Å². The molecule has 0 spiro atoms. The van der Waals surface area contributed by atoms with Gasteiger partial charge in [-0.15, -0.1) is 0 Å². The molecule has 1 amide bonds. The molecule has 2 aromatic rings. The van der Waals surface area contributed by atoms with Crippen LogP contribution in [0.5, 0.6) is 0 Å². The standard InChI is InChI=1S/C20H21Cl2NO2/c1-13-8-14(2)10-17(9-13)23(3)20(25)12-16(6-7-24)15-4-5-18(21)19(22)11-15/h4-5,7-11,16H,6,12H2,1-3H3/t16-/m1/s1. The van der Waals surface area contributed by atoms with Gasteiger partial charge in [0.1, 0.15) is 6.29 Å². The number of hydrogen-bond donors (Lipinski definition) is 0. The lowest BCUT2D eigenvalue weighted by atomic mass is 9.92. The monoisotopic (exact) mass is 377 g/mol. The molecule has 0 unspecified atom stereocenters. The summed E-state index contributed by atoms with van der Waals surface area (Å²) in [5.41, 5.74) is 3.89. The zero-order valence-electron chi connectivity index (χ0n) is 14.6. The second-order valence-electron chi connectivity index (χ2n) is 6.28. The van der Waals surface area contributed by atoms with Crippen molar-refractivity contribution >= 4 is 41.1 Å². The molecule has 5 heteroatoms. The highest BCUT2D eigenvalue weighted by molar-refractivity contribution is 6.42. The van der Waals surface area contributed by atoms with Crippen LogP contribution in [0.3, 0.4) is 0 Å². The number of halogens is 2. The van der Waals surface area contributed by atoms with Gasteiger partial charge in [-0.05, 0) is 60.7 Å². The average Bonchev–Trinajstić information content (AvgIpc) is 2.55. The maximum Gasteiger partial charge on any atom is 0.227 e. The van der Waals surface area contributed by atoms with Gasteiger partial charge in [0.25, 0.3) is 0 Å². The summed E-state index contributed by atoms with van der Waals surface area (Å²) in [6.07, 6.45) is 1.31. The molecule has 0 aliphatic carbocycles. The fourth-order valence-corrected chi connectivity index (χ4v) is 3.16. The normalized spacial score (nSPS) is 11.9. The third-order valence-electron chi connectivity index (χ3n) is 4.18. The van der Waals surface area contributed by atoms with E-state index >= 15 is 0 Å². The molecule has 0 aromatic heterocycles. The molecule has 0 bridgehead atoms. The van der Waals surface area contributed by atoms with Gasteiger partial charge in [0, 0.05) is 25.6 Å². The summed E-state index contributed by atoms with van der Waals surface area (Å²) in [5, 5.41) is 0.874. The van der Waals surface area contributed by atoms with Crippen molar-refractivity contribution in [2.24, 2.45) is 0 Å². The fraction of sp³-hybridized carbons (Fsp3) is 0.300. The largest absolute Gasteiger partial charge is 0.315 e. The zero-order valence-corrected chi connectivity index (χ0v) is 16.1. The topological polar surface area (TPSA) is 37.4 Å². The van der Waals surface area contributed by atoms with E-state index in [1.807, 2.05) is 32.0 Å². The van der Waals surface area contributed by atoms with Gasteiger partial charge in [0.15, 0.2) is 0 Å². The molecule has 0 aliphatic rings. The first-order valence-corrected chi connectivity index (χ1v) is 8.81. The van der Waals surface area contributed by atoms with E-state index in [-0.39, 0.29) is 24.7 Å². The fourth-order valence-electron chi connectivity index (χ4n) is 2.86. The number of aryl methyl sites for hydroxylation is 2. The SMILES string of the molecule is Cc1cc(C)cc(N(C)C(=O)C[C@@H](CC=O)c2ccc(Cl)c(Cl)c2)c1. The van der Waals surface area contributed by atoms with Crippen LogP contribution in [0.1, 0.15) is 35.4 Å². The number of rotatable bonds is 6. The number of amides is 1. The molecule has 0 saturated carbocycles. The highest BCUT2D eigenvalue weighted by Crippen LogP contribution is 2.30. The Morgan fingerprint density at radius 1 is 1.08 bits per heavy atom. The molecule has 1 atom stereocenters. The molecule has 2 aromatic carbocycles. The lowest BCUT2D eigenvalue weighted by Crippen LogP contribution is -2.28. The van der Waals surface area contributed by atoms with E-state index in [1.165, 1.54) is 0 Å². The Labute approximate surface area is 158 Å². The van der Waals surface area contributed by atoms with Gasteiger partial charge in [0.2, 0.25) is 5.91 Å². The molecule has 0 saturated heterocycles. The lowest BCUT2D eigenvalue weighted by molar-refractivity contribution is -0.118. The van der Waals surface area contributed by atoms with E-state index in [1.54, 1.807) is 24.1 Å². The maximum absolute atomic E-state index is 12.7. The van der Waals surface area contributed by atoms with Crippen LogP contribution in [0.4, 0.5) is 5.69 Å². The second kappa shape index (κ2) is 8.50. The van der Waals surface area contributed by atoms with Crippen molar-refractivity contribution in [2.75, 3.05) is 11.9 Å². The van der Waals surface area contributed by atoms with Crippen LogP contribution in [-0.2, 0) is 9.59 Å². The summed E-state index contributed by atoms with van der Waals surface area (Å²) in [7, 11) is 1.75. The number of benzene rings is 2. The highest BCUT2D eigenvalue weighted by atomic mass is 35.5. The Morgan fingerprint density at radius 3 is 2.28 bits per heavy atom. The average molecular weight is 378 g/mol. The van der Waals surface area contributed by atoms with Gasteiger partial charge in [0.05, 0.1) is 10.0 Å². The molecule has 132 valence electrons. The predicted octanol–water partition coefficient (Wildman–Crippen LogP) is 5.34. The number of aldehydes is 1. The molecule has 3 nitrogen and oxygen atoms in total. The van der Waals surface area contributed by atoms with Gasteiger partial charge >= 0.3 is 0 Å². The van der Waals surface area contributed by atoms with Crippen LogP contribution >= 0.6 is 23.2 Å². The molecule has 0 fully saturated rings. The molecule has 2 rings (SSSR count). The molecule has 0 heterocycles. The number of carbonyl (C=O) groups is 2. The van der Waals surface area contributed by atoms with Crippen molar-refractivity contribution < 1.29 is 9.59 Å². The van der Waals surface area contributed by atoms with Gasteiger partial charge < -0.3 is 9.69 Å². The van der Waals surface area contributed by atoms with Gasteiger partial charge in [-0.3, -0.25) is 4.79 Å². The van der Waals surface area contributed by atoms with E-state index < -0.39 is 0 Å². The van der Waals surface area contributed by atoms with Crippen LogP contribution in [0.15, 0.2) is 36.4 Å². The van der Waals surface area contributed by atoms with E-state index in [9.17, 15) is 9.59 Å². The number of nitrogens with zero attached hydrogens (tertiary/aromatic N) is 1. The van der Waals surface area contributed by atoms with Gasteiger partial charge in [-0.1, -0.05) is 35.3 Å². The summed E-state index contributed by atoms with van der Waals surface area (Å²) in [5.74, 6) is -0.281. The van der Waals surface area contributed by atoms with Crippen molar-refractivity contribution in [3.05, 3.63) is 63.1 Å². The molecular formula is C20H21Cl2NO2. The Bertz CT molecular complexity index is 769. The van der Waals surface area contributed by atoms with E-state index in [0.29, 0.717) is 10.0 Å². The summed E-state index contributed by atoms with van der Waals surface area (Å²) >= 11 is 12.0. The van der Waals surface area contributed by atoms with E-state index in [2.05, 4.69) is 6.07 Å². The Kier molecular flexibility index (Phi) is 6.63. The molecule has 0 radical (unpaired) electrons. The summed E-state index contributed by atoms with van der Waals surface area (Å²) in [6.45, 7) is 4.00. The van der Waals surface area contributed by atoms with Gasteiger partial charge in [-0.2, -0.15) is 0 Å². The molecule has 25 heavy (non-hydrogen) atoms. The molecule has 0 aliphatic heterocycles. The van der Waals surface area contributed by atoms with Crippen molar-refractivity contribution in [1.29, 1.82) is 0 Å². The molecular weight excluding hydrogens is 357 g/mol. The third kappa shape index (κ3) is 5.07. The minimum Gasteiger partial charge on any atom is -0.315 e. The third-order valence-corrected chi connectivity index (χ3v) is 4.92. The minimum absolute atomic E-state index is 0.0528. The lowest BCUT2D eigenvalue weighted by Gasteiger charge is -2.22. The van der Waals surface area contributed by atoms with Crippen molar-refractivity contribution in [1.82, 2.24) is 0 Å². The maximum atomic E-state index is 12.7. The number of carbonyl (C=O) groups excluding carboxylic acids is 2. The predicted molar refractivity (Wildman–Crippen MR) is 104 cm³/mol. The summed E-state index contributed by atoms with van der Waals surface area (Å²) < 4.78 is 0. The quantitative estimate of drug-likeness (QED) is 0.637. The van der Waals surface area contributed by atoms with Gasteiger partial charge in [-0.25, -0.2) is 0 Å².